The lowest BCUT2D eigenvalue weighted by Gasteiger charge is -2.36. The normalized spacial score (nSPS) is 16.7. The quantitative estimate of drug-likeness (QED) is 0.165. The topological polar surface area (TPSA) is 0 Å². The summed E-state index contributed by atoms with van der Waals surface area (Å²) in [5.74, 6) is 0. The van der Waals surface area contributed by atoms with Gasteiger partial charge in [-0.1, -0.05) is 107 Å². The highest BCUT2D eigenvalue weighted by Gasteiger charge is 2.45. The summed E-state index contributed by atoms with van der Waals surface area (Å²) < 4.78 is 0. The molecule has 0 amide bonds. The van der Waals surface area contributed by atoms with Crippen molar-refractivity contribution in [3.63, 3.8) is 0 Å². The molecule has 0 heteroatoms. The Hall–Kier alpha value is -3.64. The van der Waals surface area contributed by atoms with Crippen LogP contribution in [-0.2, 0) is 10.8 Å². The third-order valence-electron chi connectivity index (χ3n) is 8.97. The molecule has 6 aromatic carbocycles. The predicted octanol–water partition coefficient (Wildman–Crippen LogP) is 9.24. The molecule has 2 aliphatic rings. The molecule has 0 aromatic heterocycles. The Morgan fingerprint density at radius 2 is 1.00 bits per heavy atom. The molecule has 0 aliphatic heterocycles. The molecule has 0 saturated carbocycles. The lowest BCUT2D eigenvalue weighted by atomic mass is 9.66. The van der Waals surface area contributed by atoms with Crippen LogP contribution in [0.25, 0.3) is 54.2 Å². The van der Waals surface area contributed by atoms with Crippen molar-refractivity contribution in [1.82, 2.24) is 0 Å². The monoisotopic (exact) mass is 434 g/mol. The van der Waals surface area contributed by atoms with Crippen LogP contribution < -0.4 is 0 Å². The van der Waals surface area contributed by atoms with Crippen molar-refractivity contribution >= 4 is 43.1 Å². The maximum Gasteiger partial charge on any atom is 0.0165 e. The van der Waals surface area contributed by atoms with E-state index in [4.69, 9.17) is 0 Å². The fourth-order valence-corrected chi connectivity index (χ4v) is 7.43. The zero-order valence-electron chi connectivity index (χ0n) is 20.1. The highest BCUT2D eigenvalue weighted by molar-refractivity contribution is 6.30. The first-order chi connectivity index (χ1) is 16.4. The molecule has 0 fully saturated rings. The van der Waals surface area contributed by atoms with Gasteiger partial charge >= 0.3 is 0 Å². The van der Waals surface area contributed by atoms with Crippen LogP contribution in [0.3, 0.4) is 0 Å². The van der Waals surface area contributed by atoms with Gasteiger partial charge in [-0.15, -0.1) is 0 Å². The number of fused-ring (bicyclic) bond motifs is 7. The lowest BCUT2D eigenvalue weighted by molar-refractivity contribution is 0.643. The molecule has 162 valence electrons. The van der Waals surface area contributed by atoms with E-state index in [1.54, 1.807) is 0 Å². The molecule has 0 unspecified atom stereocenters. The van der Waals surface area contributed by atoms with E-state index in [0.717, 1.165) is 0 Å². The third kappa shape index (κ3) is 1.91. The van der Waals surface area contributed by atoms with E-state index in [9.17, 15) is 0 Å². The van der Waals surface area contributed by atoms with Crippen LogP contribution in [0.1, 0.15) is 49.9 Å². The Labute approximate surface area is 199 Å². The largest absolute Gasteiger partial charge is 0.0616 e. The van der Waals surface area contributed by atoms with Crippen LogP contribution in [-0.4, -0.2) is 0 Å². The summed E-state index contributed by atoms with van der Waals surface area (Å²) in [6.45, 7) is 9.69. The summed E-state index contributed by atoms with van der Waals surface area (Å²) in [5.41, 5.74) is 8.84. The Kier molecular flexibility index (Phi) is 3.14. The molecule has 0 saturated heterocycles. The average molecular weight is 435 g/mol. The van der Waals surface area contributed by atoms with E-state index in [-0.39, 0.29) is 10.8 Å². The third-order valence-corrected chi connectivity index (χ3v) is 8.97. The van der Waals surface area contributed by atoms with Gasteiger partial charge in [0.05, 0.1) is 0 Å². The van der Waals surface area contributed by atoms with Crippen LogP contribution in [0, 0.1) is 0 Å². The molecule has 34 heavy (non-hydrogen) atoms. The minimum absolute atomic E-state index is 0.0208. The average Bonchev–Trinajstić information content (AvgIpc) is 3.09. The Balaban J connectivity index is 1.76. The molecule has 0 radical (unpaired) electrons. The molecular weight excluding hydrogens is 408 g/mol. The first-order valence-corrected chi connectivity index (χ1v) is 12.4. The molecule has 0 nitrogen and oxygen atoms in total. The second kappa shape index (κ2) is 5.70. The maximum absolute atomic E-state index is 2.47. The molecule has 0 N–H and O–H groups in total. The van der Waals surface area contributed by atoms with Crippen LogP contribution in [0.15, 0.2) is 84.9 Å². The van der Waals surface area contributed by atoms with E-state index in [0.29, 0.717) is 0 Å². The van der Waals surface area contributed by atoms with Crippen molar-refractivity contribution in [3.05, 3.63) is 107 Å². The smallest absolute Gasteiger partial charge is 0.0165 e. The summed E-state index contributed by atoms with van der Waals surface area (Å²) in [4.78, 5) is 0. The zero-order valence-corrected chi connectivity index (χ0v) is 20.1. The first kappa shape index (κ1) is 18.7. The molecular formula is C34H26. The SMILES string of the molecule is CC1(C)c2cccc3c2-c2c1ccc1cc4c5ccccc5c5ccccc5c4c(c21)C3(C)C. The van der Waals surface area contributed by atoms with Gasteiger partial charge in [-0.25, -0.2) is 0 Å². The second-order valence-electron chi connectivity index (χ2n) is 11.3. The summed E-state index contributed by atoms with van der Waals surface area (Å²) in [6, 6.07) is 32.2. The summed E-state index contributed by atoms with van der Waals surface area (Å²) in [7, 11) is 0. The van der Waals surface area contributed by atoms with E-state index in [2.05, 4.69) is 113 Å². The van der Waals surface area contributed by atoms with Crippen molar-refractivity contribution in [1.29, 1.82) is 0 Å². The highest BCUT2D eigenvalue weighted by Crippen LogP contribution is 2.61. The molecule has 0 heterocycles. The molecule has 0 bridgehead atoms. The molecule has 0 atom stereocenters. The van der Waals surface area contributed by atoms with E-state index in [1.807, 2.05) is 0 Å². The van der Waals surface area contributed by atoms with Crippen LogP contribution in [0.4, 0.5) is 0 Å². The van der Waals surface area contributed by atoms with Crippen molar-refractivity contribution in [2.45, 2.75) is 38.5 Å². The predicted molar refractivity (Wildman–Crippen MR) is 146 cm³/mol. The van der Waals surface area contributed by atoms with Crippen LogP contribution in [0.2, 0.25) is 0 Å². The minimum atomic E-state index is -0.0969. The second-order valence-corrected chi connectivity index (χ2v) is 11.3. The van der Waals surface area contributed by atoms with Crippen LogP contribution in [0.5, 0.6) is 0 Å². The standard InChI is InChI=1S/C34H26/c1-33(2)25-14-9-15-26-30(25)31-27(33)17-16-19-18-24-22-12-6-5-10-20(22)21-11-7-8-13-23(21)29(24)32(28(19)31)34(26,3)4/h5-18H,1-4H3. The first-order valence-electron chi connectivity index (χ1n) is 12.4. The van der Waals surface area contributed by atoms with Crippen molar-refractivity contribution < 1.29 is 0 Å². The maximum atomic E-state index is 2.47. The van der Waals surface area contributed by atoms with Gasteiger partial charge in [0, 0.05) is 10.8 Å². The molecule has 2 aliphatic carbocycles. The van der Waals surface area contributed by atoms with Crippen molar-refractivity contribution in [2.24, 2.45) is 0 Å². The van der Waals surface area contributed by atoms with Crippen molar-refractivity contribution in [2.75, 3.05) is 0 Å². The van der Waals surface area contributed by atoms with Gasteiger partial charge in [0.25, 0.3) is 0 Å². The zero-order chi connectivity index (χ0) is 23.0. The summed E-state index contributed by atoms with van der Waals surface area (Å²) >= 11 is 0. The Morgan fingerprint density at radius 3 is 1.71 bits per heavy atom. The van der Waals surface area contributed by atoms with Gasteiger partial charge in [0.1, 0.15) is 0 Å². The van der Waals surface area contributed by atoms with Gasteiger partial charge < -0.3 is 0 Å². The fourth-order valence-electron chi connectivity index (χ4n) is 7.43. The highest BCUT2D eigenvalue weighted by atomic mass is 14.5. The van der Waals surface area contributed by atoms with Crippen molar-refractivity contribution in [3.8, 4) is 11.1 Å². The number of benzene rings is 6. The van der Waals surface area contributed by atoms with Gasteiger partial charge in [0.15, 0.2) is 0 Å². The number of hydrogen-bond acceptors (Lipinski definition) is 0. The summed E-state index contributed by atoms with van der Waals surface area (Å²) in [6.07, 6.45) is 0. The van der Waals surface area contributed by atoms with Gasteiger partial charge in [-0.05, 0) is 82.5 Å². The molecule has 6 aromatic rings. The Bertz CT molecular complexity index is 1900. The lowest BCUT2D eigenvalue weighted by Crippen LogP contribution is -2.24. The van der Waals surface area contributed by atoms with E-state index < -0.39 is 0 Å². The molecule has 0 spiro atoms. The van der Waals surface area contributed by atoms with E-state index in [1.165, 1.54) is 76.5 Å². The van der Waals surface area contributed by atoms with Gasteiger partial charge in [-0.2, -0.15) is 0 Å². The van der Waals surface area contributed by atoms with Gasteiger partial charge in [0.2, 0.25) is 0 Å². The van der Waals surface area contributed by atoms with Gasteiger partial charge in [-0.3, -0.25) is 0 Å². The van der Waals surface area contributed by atoms with E-state index >= 15 is 0 Å². The number of hydrogen-bond donors (Lipinski definition) is 0. The fraction of sp³-hybridized carbons (Fsp3) is 0.176. The number of rotatable bonds is 0. The van der Waals surface area contributed by atoms with Crippen LogP contribution >= 0.6 is 0 Å². The Morgan fingerprint density at radius 1 is 0.441 bits per heavy atom. The molecule has 8 rings (SSSR count). The minimum Gasteiger partial charge on any atom is -0.0616 e. The summed E-state index contributed by atoms with van der Waals surface area (Å²) in [5, 5.41) is 11.1.